The summed E-state index contributed by atoms with van der Waals surface area (Å²) in [4.78, 5) is 12.6. The topological polar surface area (TPSA) is 122 Å². The number of hydrogen-bond acceptors (Lipinski definition) is 7. The van der Waals surface area contributed by atoms with Crippen molar-refractivity contribution in [2.24, 2.45) is 0 Å². The second kappa shape index (κ2) is 12.3. The number of rotatable bonds is 11. The molecule has 0 saturated carbocycles. The Morgan fingerprint density at radius 2 is 1.69 bits per heavy atom. The maximum atomic E-state index is 13.0. The van der Waals surface area contributed by atoms with Gasteiger partial charge < -0.3 is 14.8 Å². The molecule has 1 aliphatic rings. The number of amides is 1. The van der Waals surface area contributed by atoms with Crippen LogP contribution in [0.1, 0.15) is 19.4 Å². The van der Waals surface area contributed by atoms with Gasteiger partial charge in [-0.15, -0.1) is 0 Å². The molecule has 0 bridgehead atoms. The fraction of sp³-hybridized carbons (Fsp3) is 0.435. The van der Waals surface area contributed by atoms with Crippen molar-refractivity contribution in [1.82, 2.24) is 13.9 Å². The van der Waals surface area contributed by atoms with Gasteiger partial charge >= 0.3 is 0 Å². The third-order valence-corrected chi connectivity index (χ3v) is 9.66. The van der Waals surface area contributed by atoms with Crippen molar-refractivity contribution < 1.29 is 31.1 Å². The van der Waals surface area contributed by atoms with E-state index in [1.165, 1.54) is 34.6 Å². The zero-order valence-corrected chi connectivity index (χ0v) is 22.5. The second-order valence-electron chi connectivity index (χ2n) is 7.89. The molecule has 2 aromatic rings. The van der Waals surface area contributed by atoms with Crippen LogP contribution in [0.2, 0.25) is 5.02 Å². The van der Waals surface area contributed by atoms with E-state index < -0.39 is 26.0 Å². The van der Waals surface area contributed by atoms with Crippen molar-refractivity contribution in [3.05, 3.63) is 53.1 Å². The second-order valence-corrected chi connectivity index (χ2v) is 12.2. The Morgan fingerprint density at radius 1 is 1.06 bits per heavy atom. The number of likely N-dealkylation sites (N-methyl/N-ethyl adjacent to an activating group) is 1. The third kappa shape index (κ3) is 6.75. The van der Waals surface area contributed by atoms with Crippen molar-refractivity contribution in [2.75, 3.05) is 46.0 Å². The van der Waals surface area contributed by atoms with Gasteiger partial charge in [0.1, 0.15) is 5.75 Å². The monoisotopic (exact) mass is 559 g/mol. The molecular weight excluding hydrogens is 530 g/mol. The molecule has 0 atom stereocenters. The Balaban J connectivity index is 1.61. The minimum absolute atomic E-state index is 0.0392. The number of nitrogens with zero attached hydrogens (tertiary/aromatic N) is 2. The molecule has 10 nitrogen and oxygen atoms in total. The lowest BCUT2D eigenvalue weighted by Crippen LogP contribution is -2.40. The summed E-state index contributed by atoms with van der Waals surface area (Å²) in [7, 11) is -7.57. The van der Waals surface area contributed by atoms with Gasteiger partial charge in [-0.1, -0.05) is 30.7 Å². The predicted octanol–water partition coefficient (Wildman–Crippen LogP) is 2.09. The molecule has 1 N–H and O–H groups in total. The molecular formula is C23H30ClN3O7S2. The standard InChI is InChI=1S/C23H30ClN3O7S2/c1-3-26(36(31,32)20-9-10-22(34-4-2)21(24)15-20)17-23(28)25-16-18-5-7-19(8-6-18)35(29,30)27-11-13-33-14-12-27/h5-10,15H,3-4,11-14,16-17H2,1-2H3,(H,25,28). The van der Waals surface area contributed by atoms with Crippen molar-refractivity contribution in [2.45, 2.75) is 30.2 Å². The number of halogens is 1. The Morgan fingerprint density at radius 3 is 2.28 bits per heavy atom. The molecule has 36 heavy (non-hydrogen) atoms. The van der Waals surface area contributed by atoms with E-state index >= 15 is 0 Å². The first-order chi connectivity index (χ1) is 17.1. The number of hydrogen-bond donors (Lipinski definition) is 1. The van der Waals surface area contributed by atoms with Gasteiger partial charge in [-0.05, 0) is 42.8 Å². The summed E-state index contributed by atoms with van der Waals surface area (Å²) >= 11 is 6.14. The number of benzene rings is 2. The molecule has 2 aromatic carbocycles. The highest BCUT2D eigenvalue weighted by atomic mass is 35.5. The molecule has 0 aromatic heterocycles. The molecule has 0 spiro atoms. The van der Waals surface area contributed by atoms with Crippen LogP contribution in [0.3, 0.4) is 0 Å². The summed E-state index contributed by atoms with van der Waals surface area (Å²) < 4.78 is 64.5. The SMILES string of the molecule is CCOc1ccc(S(=O)(=O)N(CC)CC(=O)NCc2ccc(S(=O)(=O)N3CCOCC3)cc2)cc1Cl. The molecule has 1 fully saturated rings. The fourth-order valence-corrected chi connectivity index (χ4v) is 6.70. The van der Waals surface area contributed by atoms with E-state index in [4.69, 9.17) is 21.1 Å². The van der Waals surface area contributed by atoms with Crippen LogP contribution in [0, 0.1) is 0 Å². The Kier molecular flexibility index (Phi) is 9.72. The van der Waals surface area contributed by atoms with Crippen LogP contribution in [0.4, 0.5) is 0 Å². The maximum absolute atomic E-state index is 13.0. The van der Waals surface area contributed by atoms with Crippen LogP contribution in [0.5, 0.6) is 5.75 Å². The van der Waals surface area contributed by atoms with E-state index in [1.54, 1.807) is 26.0 Å². The number of sulfonamides is 2. The van der Waals surface area contributed by atoms with E-state index in [0.717, 1.165) is 4.31 Å². The van der Waals surface area contributed by atoms with E-state index in [2.05, 4.69) is 5.32 Å². The summed E-state index contributed by atoms with van der Waals surface area (Å²) in [5, 5.41) is 2.84. The van der Waals surface area contributed by atoms with Gasteiger partial charge in [-0.3, -0.25) is 4.79 Å². The van der Waals surface area contributed by atoms with Gasteiger partial charge in [0.2, 0.25) is 26.0 Å². The average Bonchev–Trinajstić information content (AvgIpc) is 2.88. The third-order valence-electron chi connectivity index (χ3n) is 5.53. The fourth-order valence-electron chi connectivity index (χ4n) is 3.56. The molecule has 13 heteroatoms. The minimum atomic E-state index is -3.96. The first-order valence-corrected chi connectivity index (χ1v) is 14.7. The highest BCUT2D eigenvalue weighted by Gasteiger charge is 2.27. The lowest BCUT2D eigenvalue weighted by atomic mass is 10.2. The van der Waals surface area contributed by atoms with Gasteiger partial charge in [0, 0.05) is 26.2 Å². The quantitative estimate of drug-likeness (QED) is 0.447. The van der Waals surface area contributed by atoms with Crippen LogP contribution in [0.15, 0.2) is 52.3 Å². The van der Waals surface area contributed by atoms with Crippen LogP contribution in [-0.4, -0.2) is 77.4 Å². The summed E-state index contributed by atoms with van der Waals surface area (Å²) in [6.07, 6.45) is 0. The Hall–Kier alpha value is -2.22. The number of morpholine rings is 1. The average molecular weight is 560 g/mol. The highest BCUT2D eigenvalue weighted by Crippen LogP contribution is 2.28. The molecule has 1 amide bonds. The van der Waals surface area contributed by atoms with Gasteiger partial charge in [-0.2, -0.15) is 8.61 Å². The summed E-state index contributed by atoms with van der Waals surface area (Å²) in [6, 6.07) is 10.4. The smallest absolute Gasteiger partial charge is 0.243 e. The van der Waals surface area contributed by atoms with Crippen molar-refractivity contribution in [3.8, 4) is 5.75 Å². The first-order valence-electron chi connectivity index (χ1n) is 11.5. The van der Waals surface area contributed by atoms with Gasteiger partial charge in [0.05, 0.1) is 41.2 Å². The first kappa shape index (κ1) is 28.4. The number of carbonyl (C=O) groups excluding carboxylic acids is 1. The Labute approximate surface area is 217 Å². The van der Waals surface area contributed by atoms with Crippen molar-refractivity contribution in [1.29, 1.82) is 0 Å². The van der Waals surface area contributed by atoms with E-state index in [-0.39, 0.29) is 34.4 Å². The normalized spacial score (nSPS) is 15.1. The summed E-state index contributed by atoms with van der Waals surface area (Å²) in [5.74, 6) is -0.120. The number of ether oxygens (including phenoxy) is 2. The van der Waals surface area contributed by atoms with Crippen LogP contribution in [-0.2, 0) is 36.1 Å². The van der Waals surface area contributed by atoms with E-state index in [1.807, 2.05) is 0 Å². The van der Waals surface area contributed by atoms with Crippen LogP contribution in [0.25, 0.3) is 0 Å². The van der Waals surface area contributed by atoms with Crippen molar-refractivity contribution >= 4 is 37.6 Å². The van der Waals surface area contributed by atoms with Crippen molar-refractivity contribution in [3.63, 3.8) is 0 Å². The maximum Gasteiger partial charge on any atom is 0.243 e. The van der Waals surface area contributed by atoms with E-state index in [9.17, 15) is 21.6 Å². The molecule has 0 unspecified atom stereocenters. The lowest BCUT2D eigenvalue weighted by Gasteiger charge is -2.26. The number of nitrogens with one attached hydrogen (secondary N) is 1. The largest absolute Gasteiger partial charge is 0.492 e. The minimum Gasteiger partial charge on any atom is -0.492 e. The van der Waals surface area contributed by atoms with Gasteiger partial charge in [0.15, 0.2) is 0 Å². The lowest BCUT2D eigenvalue weighted by molar-refractivity contribution is -0.121. The van der Waals surface area contributed by atoms with Crippen LogP contribution >= 0.6 is 11.6 Å². The molecule has 0 aliphatic carbocycles. The molecule has 198 valence electrons. The molecule has 1 saturated heterocycles. The van der Waals surface area contributed by atoms with Gasteiger partial charge in [0.25, 0.3) is 0 Å². The zero-order valence-electron chi connectivity index (χ0n) is 20.1. The van der Waals surface area contributed by atoms with Crippen LogP contribution < -0.4 is 10.1 Å². The highest BCUT2D eigenvalue weighted by molar-refractivity contribution is 7.89. The number of carbonyl (C=O) groups is 1. The Bertz CT molecular complexity index is 1260. The molecule has 1 aliphatic heterocycles. The molecule has 1 heterocycles. The van der Waals surface area contributed by atoms with E-state index in [0.29, 0.717) is 44.2 Å². The summed E-state index contributed by atoms with van der Waals surface area (Å²) in [5.41, 5.74) is 0.675. The predicted molar refractivity (Wildman–Crippen MR) is 135 cm³/mol. The molecule has 0 radical (unpaired) electrons. The summed E-state index contributed by atoms with van der Waals surface area (Å²) in [6.45, 7) is 4.96. The zero-order chi connectivity index (χ0) is 26.3. The van der Waals surface area contributed by atoms with Gasteiger partial charge in [-0.25, -0.2) is 16.8 Å². The molecule has 3 rings (SSSR count).